The zero-order valence-electron chi connectivity index (χ0n) is 19.5. The van der Waals surface area contributed by atoms with E-state index >= 15 is 0 Å². The van der Waals surface area contributed by atoms with E-state index in [0.717, 1.165) is 32.4 Å². The zero-order valence-corrected chi connectivity index (χ0v) is 20.4. The molecule has 0 fully saturated rings. The molecule has 0 spiro atoms. The second-order valence-electron chi connectivity index (χ2n) is 7.97. The first-order chi connectivity index (χ1) is 16.3. The number of carbonyl (C=O) groups is 2. The fourth-order valence-corrected chi connectivity index (χ4v) is 4.23. The number of nitrogens with one attached hydrogen (secondary N) is 1. The van der Waals surface area contributed by atoms with Crippen LogP contribution in [0.15, 0.2) is 42.6 Å². The highest BCUT2D eigenvalue weighted by Gasteiger charge is 2.12. The molecule has 0 radical (unpaired) electrons. The molecule has 3 rings (SSSR count). The quantitative estimate of drug-likeness (QED) is 0.403. The predicted octanol–water partition coefficient (Wildman–Crippen LogP) is 4.79. The Morgan fingerprint density at radius 2 is 1.97 bits per heavy atom. The molecule has 2 aromatic heterocycles. The standard InChI is InChI=1S/C25H29N3O5S/c1-16(2)33-25(31)27-15-19-14-20(9-7-18(19)8-10-23(29)30)32-13-11-21-17(3)34-24(28-21)22-6-4-5-12-26-22/h4-7,9,12,14,16H,8,10-11,13,15H2,1-3H3,(H,27,31)(H,29,30). The first-order valence-corrected chi connectivity index (χ1v) is 11.9. The van der Waals surface area contributed by atoms with Gasteiger partial charge < -0.3 is 19.9 Å². The van der Waals surface area contributed by atoms with Gasteiger partial charge in [0, 0.05) is 30.5 Å². The number of aryl methyl sites for hydroxylation is 2. The van der Waals surface area contributed by atoms with Crippen molar-refractivity contribution < 1.29 is 24.2 Å². The van der Waals surface area contributed by atoms with Crippen LogP contribution in [0.4, 0.5) is 4.79 Å². The fraction of sp³-hybridized carbons (Fsp3) is 0.360. The minimum Gasteiger partial charge on any atom is -0.493 e. The van der Waals surface area contributed by atoms with Gasteiger partial charge in [0.05, 0.1) is 24.1 Å². The summed E-state index contributed by atoms with van der Waals surface area (Å²) < 4.78 is 11.1. The fourth-order valence-electron chi connectivity index (χ4n) is 3.29. The Bertz CT molecular complexity index is 1110. The molecule has 2 heterocycles. The summed E-state index contributed by atoms with van der Waals surface area (Å²) in [6, 6.07) is 11.3. The second kappa shape index (κ2) is 12.1. The molecule has 0 aliphatic rings. The second-order valence-corrected chi connectivity index (χ2v) is 9.17. The molecule has 0 aliphatic heterocycles. The minimum absolute atomic E-state index is 0.00531. The molecule has 0 saturated carbocycles. The average molecular weight is 484 g/mol. The summed E-state index contributed by atoms with van der Waals surface area (Å²) in [5.74, 6) is -0.229. The van der Waals surface area contributed by atoms with Crippen molar-refractivity contribution in [2.75, 3.05) is 6.61 Å². The van der Waals surface area contributed by atoms with E-state index in [-0.39, 0.29) is 19.1 Å². The molecule has 9 heteroatoms. The van der Waals surface area contributed by atoms with Crippen LogP contribution in [0.5, 0.6) is 5.75 Å². The number of carbonyl (C=O) groups excluding carboxylic acids is 1. The van der Waals surface area contributed by atoms with Crippen LogP contribution in [-0.4, -0.2) is 39.8 Å². The van der Waals surface area contributed by atoms with Crippen molar-refractivity contribution in [1.29, 1.82) is 0 Å². The first kappa shape index (κ1) is 25.2. The van der Waals surface area contributed by atoms with Crippen LogP contribution in [-0.2, 0) is 28.9 Å². The summed E-state index contributed by atoms with van der Waals surface area (Å²) in [6.45, 7) is 6.24. The van der Waals surface area contributed by atoms with Gasteiger partial charge in [0.1, 0.15) is 10.8 Å². The van der Waals surface area contributed by atoms with Crippen LogP contribution in [0, 0.1) is 6.92 Å². The Hall–Kier alpha value is -3.46. The van der Waals surface area contributed by atoms with E-state index in [1.807, 2.05) is 43.3 Å². The molecule has 3 aromatic rings. The van der Waals surface area contributed by atoms with E-state index in [1.54, 1.807) is 31.4 Å². The first-order valence-electron chi connectivity index (χ1n) is 11.1. The Balaban J connectivity index is 1.64. The van der Waals surface area contributed by atoms with Gasteiger partial charge in [-0.1, -0.05) is 12.1 Å². The maximum Gasteiger partial charge on any atom is 0.407 e. The Morgan fingerprint density at radius 3 is 2.68 bits per heavy atom. The van der Waals surface area contributed by atoms with Gasteiger partial charge in [0.25, 0.3) is 0 Å². The van der Waals surface area contributed by atoms with Gasteiger partial charge in [0.2, 0.25) is 0 Å². The lowest BCUT2D eigenvalue weighted by Crippen LogP contribution is -2.26. The number of nitrogens with zero attached hydrogens (tertiary/aromatic N) is 2. The summed E-state index contributed by atoms with van der Waals surface area (Å²) >= 11 is 1.61. The molecule has 180 valence electrons. The number of alkyl carbamates (subject to hydrolysis) is 1. The van der Waals surface area contributed by atoms with Crippen LogP contribution in [0.2, 0.25) is 0 Å². The van der Waals surface area contributed by atoms with E-state index in [4.69, 9.17) is 19.6 Å². The molecule has 2 N–H and O–H groups in total. The maximum atomic E-state index is 11.9. The third-order valence-electron chi connectivity index (χ3n) is 4.94. The van der Waals surface area contributed by atoms with Crippen LogP contribution in [0.1, 0.15) is 42.0 Å². The highest BCUT2D eigenvalue weighted by molar-refractivity contribution is 7.15. The molecular weight excluding hydrogens is 454 g/mol. The molecule has 1 aromatic carbocycles. The van der Waals surface area contributed by atoms with Gasteiger partial charge >= 0.3 is 12.1 Å². The molecule has 8 nitrogen and oxygen atoms in total. The number of rotatable bonds is 11. The van der Waals surface area contributed by atoms with Gasteiger partial charge in [-0.25, -0.2) is 9.78 Å². The Morgan fingerprint density at radius 1 is 1.15 bits per heavy atom. The molecule has 0 aliphatic carbocycles. The predicted molar refractivity (Wildman–Crippen MR) is 130 cm³/mol. The minimum atomic E-state index is -0.873. The number of aromatic nitrogens is 2. The van der Waals surface area contributed by atoms with E-state index in [0.29, 0.717) is 25.2 Å². The van der Waals surface area contributed by atoms with Crippen molar-refractivity contribution in [2.24, 2.45) is 0 Å². The molecule has 0 saturated heterocycles. The highest BCUT2D eigenvalue weighted by atomic mass is 32.1. The molecule has 1 amide bonds. The molecule has 34 heavy (non-hydrogen) atoms. The van der Waals surface area contributed by atoms with E-state index in [9.17, 15) is 9.59 Å². The normalized spacial score (nSPS) is 10.8. The summed E-state index contributed by atoms with van der Waals surface area (Å²) in [5.41, 5.74) is 3.46. The summed E-state index contributed by atoms with van der Waals surface area (Å²) in [4.78, 5) is 33.1. The average Bonchev–Trinajstić information content (AvgIpc) is 3.17. The number of pyridine rings is 1. The topological polar surface area (TPSA) is 111 Å². The smallest absolute Gasteiger partial charge is 0.407 e. The van der Waals surface area contributed by atoms with Crippen molar-refractivity contribution in [3.63, 3.8) is 0 Å². The number of carboxylic acids is 1. The van der Waals surface area contributed by atoms with Crippen molar-refractivity contribution in [2.45, 2.75) is 52.7 Å². The van der Waals surface area contributed by atoms with Gasteiger partial charge in [-0.3, -0.25) is 9.78 Å². The highest BCUT2D eigenvalue weighted by Crippen LogP contribution is 2.26. The summed E-state index contributed by atoms with van der Waals surface area (Å²) in [5, 5.41) is 12.6. The van der Waals surface area contributed by atoms with Crippen molar-refractivity contribution >= 4 is 23.4 Å². The monoisotopic (exact) mass is 483 g/mol. The van der Waals surface area contributed by atoms with Gasteiger partial charge in [-0.2, -0.15) is 0 Å². The molecular formula is C25H29N3O5S. The molecule has 0 unspecified atom stereocenters. The van der Waals surface area contributed by atoms with Crippen LogP contribution in [0.25, 0.3) is 10.7 Å². The lowest BCUT2D eigenvalue weighted by molar-refractivity contribution is -0.136. The lowest BCUT2D eigenvalue weighted by atomic mass is 10.0. The maximum absolute atomic E-state index is 11.9. The zero-order chi connectivity index (χ0) is 24.5. The molecule has 0 bridgehead atoms. The largest absolute Gasteiger partial charge is 0.493 e. The van der Waals surface area contributed by atoms with E-state index in [1.165, 1.54) is 0 Å². The Kier molecular flexibility index (Phi) is 8.98. The number of amides is 1. The van der Waals surface area contributed by atoms with Gasteiger partial charge in [-0.05, 0) is 62.6 Å². The SMILES string of the molecule is Cc1sc(-c2ccccn2)nc1CCOc1ccc(CCC(=O)O)c(CNC(=O)OC(C)C)c1. The van der Waals surface area contributed by atoms with E-state index < -0.39 is 12.1 Å². The van der Waals surface area contributed by atoms with Gasteiger partial charge in [0.15, 0.2) is 0 Å². The molecule has 0 atom stereocenters. The number of ether oxygens (including phenoxy) is 2. The third kappa shape index (κ3) is 7.55. The van der Waals surface area contributed by atoms with Gasteiger partial charge in [-0.15, -0.1) is 11.3 Å². The number of hydrogen-bond acceptors (Lipinski definition) is 7. The van der Waals surface area contributed by atoms with Crippen molar-refractivity contribution in [3.05, 3.63) is 64.3 Å². The number of hydrogen-bond donors (Lipinski definition) is 2. The Labute approximate surface area is 203 Å². The van der Waals surface area contributed by atoms with Crippen LogP contribution >= 0.6 is 11.3 Å². The van der Waals surface area contributed by atoms with E-state index in [2.05, 4.69) is 10.3 Å². The number of aliphatic carboxylic acids is 1. The number of carboxylic acid groups (broad SMARTS) is 1. The third-order valence-corrected chi connectivity index (χ3v) is 5.97. The number of thiazole rings is 1. The van der Waals surface area contributed by atoms with Crippen LogP contribution < -0.4 is 10.1 Å². The van der Waals surface area contributed by atoms with Crippen molar-refractivity contribution in [3.8, 4) is 16.5 Å². The summed E-state index contributed by atoms with van der Waals surface area (Å²) in [7, 11) is 0. The van der Waals surface area contributed by atoms with Crippen molar-refractivity contribution in [1.82, 2.24) is 15.3 Å². The summed E-state index contributed by atoms with van der Waals surface area (Å²) in [6.07, 6.45) is 2.02. The number of benzene rings is 1. The lowest BCUT2D eigenvalue weighted by Gasteiger charge is -2.14. The van der Waals surface area contributed by atoms with Crippen LogP contribution in [0.3, 0.4) is 0 Å².